The van der Waals surface area contributed by atoms with Gasteiger partial charge in [0.15, 0.2) is 0 Å². The van der Waals surface area contributed by atoms with Crippen LogP contribution in [0.25, 0.3) is 0 Å². The zero-order valence-corrected chi connectivity index (χ0v) is 15.4. The van der Waals surface area contributed by atoms with Crippen molar-refractivity contribution in [2.75, 3.05) is 0 Å². The Kier molecular flexibility index (Phi) is 11.9. The van der Waals surface area contributed by atoms with Crippen molar-refractivity contribution < 1.29 is 4.79 Å². The van der Waals surface area contributed by atoms with Crippen molar-refractivity contribution in [3.05, 3.63) is 23.8 Å². The van der Waals surface area contributed by atoms with E-state index in [1.165, 1.54) is 44.6 Å². The Labute approximate surface area is 138 Å². The minimum Gasteiger partial charge on any atom is -0.366 e. The van der Waals surface area contributed by atoms with Gasteiger partial charge in [0.05, 0.1) is 0 Å². The summed E-state index contributed by atoms with van der Waals surface area (Å²) < 4.78 is 0. The first-order valence-electron chi connectivity index (χ1n) is 8.95. The number of hydrogen-bond donors (Lipinski definition) is 1. The second kappa shape index (κ2) is 12.5. The fraction of sp³-hybridized carbons (Fsp3) is 0.750. The summed E-state index contributed by atoms with van der Waals surface area (Å²) >= 11 is 0. The molecule has 0 rings (SSSR count). The first-order chi connectivity index (χ1) is 10.3. The lowest BCUT2D eigenvalue weighted by molar-refractivity contribution is -0.113. The Balaban J connectivity index is 3.75. The van der Waals surface area contributed by atoms with Crippen LogP contribution in [0.5, 0.6) is 0 Å². The van der Waals surface area contributed by atoms with E-state index in [-0.39, 0.29) is 5.91 Å². The fourth-order valence-corrected chi connectivity index (χ4v) is 2.71. The molecule has 2 nitrogen and oxygen atoms in total. The molecule has 0 bridgehead atoms. The number of nitrogens with two attached hydrogens (primary N) is 1. The normalized spacial score (nSPS) is 15.5. The van der Waals surface area contributed by atoms with Crippen LogP contribution >= 0.6 is 0 Å². The third-order valence-corrected chi connectivity index (χ3v) is 4.16. The lowest BCUT2D eigenvalue weighted by Crippen LogP contribution is -2.06. The Bertz CT molecular complexity index is 355. The number of carbonyl (C=O) groups excluding carboxylic acids is 1. The topological polar surface area (TPSA) is 43.1 Å². The molecule has 0 fully saturated rings. The minimum atomic E-state index is -0.373. The van der Waals surface area contributed by atoms with Gasteiger partial charge >= 0.3 is 0 Å². The van der Waals surface area contributed by atoms with E-state index in [4.69, 9.17) is 5.73 Å². The number of amides is 1. The predicted octanol–water partition coefficient (Wildman–Crippen LogP) is 5.63. The molecule has 2 heteroatoms. The van der Waals surface area contributed by atoms with Gasteiger partial charge in [-0.25, -0.2) is 0 Å². The third-order valence-electron chi connectivity index (χ3n) is 4.16. The molecule has 0 aliphatic rings. The highest BCUT2D eigenvalue weighted by Gasteiger charge is 2.05. The van der Waals surface area contributed by atoms with Gasteiger partial charge in [0.25, 0.3) is 0 Å². The molecule has 0 radical (unpaired) electrons. The number of allylic oxidation sites excluding steroid dienone is 3. The van der Waals surface area contributed by atoms with Crippen molar-refractivity contribution >= 4 is 5.91 Å². The second-order valence-electron chi connectivity index (χ2n) is 7.39. The van der Waals surface area contributed by atoms with E-state index in [0.717, 1.165) is 23.8 Å². The zero-order chi connectivity index (χ0) is 17.0. The van der Waals surface area contributed by atoms with Crippen molar-refractivity contribution in [3.63, 3.8) is 0 Å². The van der Waals surface area contributed by atoms with Crippen molar-refractivity contribution in [3.8, 4) is 0 Å². The third kappa shape index (κ3) is 13.9. The van der Waals surface area contributed by atoms with Gasteiger partial charge in [-0.15, -0.1) is 0 Å². The highest BCUT2D eigenvalue weighted by Crippen LogP contribution is 2.20. The molecule has 0 aliphatic carbocycles. The van der Waals surface area contributed by atoms with E-state index < -0.39 is 0 Å². The van der Waals surface area contributed by atoms with Crippen LogP contribution in [-0.4, -0.2) is 5.91 Å². The molecule has 0 aromatic carbocycles. The molecule has 0 heterocycles. The largest absolute Gasteiger partial charge is 0.366 e. The van der Waals surface area contributed by atoms with Gasteiger partial charge in [-0.2, -0.15) is 0 Å². The molecule has 0 spiro atoms. The van der Waals surface area contributed by atoms with Crippen LogP contribution in [0.4, 0.5) is 0 Å². The summed E-state index contributed by atoms with van der Waals surface area (Å²) in [7, 11) is 0. The van der Waals surface area contributed by atoms with E-state index >= 15 is 0 Å². The number of rotatable bonds is 12. The SMILES string of the molecule is CC(C=CCC(C)CCCC(C)CCCC(C)C)=CC(N)=O. The van der Waals surface area contributed by atoms with Crippen molar-refractivity contribution in [2.24, 2.45) is 23.5 Å². The standard InChI is InChI=1S/C20H37NO/c1-16(2)9-6-10-17(3)11-7-12-18(4)13-8-14-19(5)15-20(21)22/h8,14-18H,6-7,9-13H2,1-5H3,(H2,21,22). The second-order valence-corrected chi connectivity index (χ2v) is 7.39. The first-order valence-corrected chi connectivity index (χ1v) is 8.95. The van der Waals surface area contributed by atoms with E-state index in [9.17, 15) is 4.79 Å². The highest BCUT2D eigenvalue weighted by atomic mass is 16.1. The van der Waals surface area contributed by atoms with Gasteiger partial charge < -0.3 is 5.73 Å². The van der Waals surface area contributed by atoms with Crippen LogP contribution in [0.3, 0.4) is 0 Å². The molecule has 2 unspecified atom stereocenters. The molecule has 0 saturated heterocycles. The molecule has 0 aromatic rings. The van der Waals surface area contributed by atoms with Gasteiger partial charge in [-0.05, 0) is 36.7 Å². The summed E-state index contributed by atoms with van der Waals surface area (Å²) in [6.45, 7) is 11.2. The maximum Gasteiger partial charge on any atom is 0.241 e. The lowest BCUT2D eigenvalue weighted by Gasteiger charge is -2.14. The van der Waals surface area contributed by atoms with Crippen molar-refractivity contribution in [1.82, 2.24) is 0 Å². The summed E-state index contributed by atoms with van der Waals surface area (Å²) in [5, 5.41) is 0. The maximum absolute atomic E-state index is 10.7. The predicted molar refractivity (Wildman–Crippen MR) is 97.6 cm³/mol. The molecule has 1 amide bonds. The summed E-state index contributed by atoms with van der Waals surface area (Å²) in [5.41, 5.74) is 6.05. The zero-order valence-electron chi connectivity index (χ0n) is 15.4. The molecule has 0 aromatic heterocycles. The van der Waals surface area contributed by atoms with Gasteiger partial charge in [-0.3, -0.25) is 4.79 Å². The van der Waals surface area contributed by atoms with Gasteiger partial charge in [-0.1, -0.05) is 78.4 Å². The highest BCUT2D eigenvalue weighted by molar-refractivity contribution is 5.86. The van der Waals surface area contributed by atoms with Gasteiger partial charge in [0.1, 0.15) is 0 Å². The maximum atomic E-state index is 10.7. The summed E-state index contributed by atoms with van der Waals surface area (Å²) in [6, 6.07) is 0. The van der Waals surface area contributed by atoms with E-state index in [0.29, 0.717) is 5.92 Å². The molecule has 2 N–H and O–H groups in total. The fourth-order valence-electron chi connectivity index (χ4n) is 2.71. The van der Waals surface area contributed by atoms with Crippen LogP contribution in [0.1, 0.15) is 79.6 Å². The van der Waals surface area contributed by atoms with Crippen LogP contribution in [-0.2, 0) is 4.79 Å². The Hall–Kier alpha value is -1.05. The lowest BCUT2D eigenvalue weighted by atomic mass is 9.92. The van der Waals surface area contributed by atoms with E-state index in [1.54, 1.807) is 0 Å². The van der Waals surface area contributed by atoms with Crippen molar-refractivity contribution in [2.45, 2.75) is 79.6 Å². The average Bonchev–Trinajstić information content (AvgIpc) is 2.37. The van der Waals surface area contributed by atoms with E-state index in [2.05, 4.69) is 33.8 Å². The molecule has 128 valence electrons. The number of carbonyl (C=O) groups is 1. The van der Waals surface area contributed by atoms with Crippen LogP contribution in [0, 0.1) is 17.8 Å². The Morgan fingerprint density at radius 1 is 0.955 bits per heavy atom. The first kappa shape index (κ1) is 20.9. The summed E-state index contributed by atoms with van der Waals surface area (Å²) in [4.78, 5) is 10.7. The van der Waals surface area contributed by atoms with Crippen molar-refractivity contribution in [1.29, 1.82) is 0 Å². The Morgan fingerprint density at radius 2 is 1.50 bits per heavy atom. The van der Waals surface area contributed by atoms with E-state index in [1.807, 2.05) is 13.0 Å². The molecule has 0 saturated carbocycles. The summed E-state index contributed by atoms with van der Waals surface area (Å²) in [6.07, 6.45) is 14.8. The van der Waals surface area contributed by atoms with Crippen LogP contribution in [0.2, 0.25) is 0 Å². The monoisotopic (exact) mass is 307 g/mol. The smallest absolute Gasteiger partial charge is 0.241 e. The average molecular weight is 308 g/mol. The van der Waals surface area contributed by atoms with Gasteiger partial charge in [0, 0.05) is 6.08 Å². The van der Waals surface area contributed by atoms with Gasteiger partial charge in [0.2, 0.25) is 5.91 Å². The minimum absolute atomic E-state index is 0.373. The van der Waals surface area contributed by atoms with Crippen LogP contribution in [0.15, 0.2) is 23.8 Å². The summed E-state index contributed by atoms with van der Waals surface area (Å²) in [5.74, 6) is 2.04. The van der Waals surface area contributed by atoms with Crippen LogP contribution < -0.4 is 5.73 Å². The number of hydrogen-bond acceptors (Lipinski definition) is 1. The quantitative estimate of drug-likeness (QED) is 0.368. The molecule has 22 heavy (non-hydrogen) atoms. The molecular weight excluding hydrogens is 270 g/mol. The molecule has 2 atom stereocenters. The number of primary amides is 1. The molecular formula is C20H37NO. The molecule has 0 aliphatic heterocycles. The Morgan fingerprint density at radius 3 is 2.05 bits per heavy atom.